The minimum Gasteiger partial charge on any atom is -0.507 e. The maximum Gasteiger partial charge on any atom is 0.128 e. The number of hydrogen-bond donors (Lipinski definition) is 1. The molecule has 0 aliphatic rings. The molecule has 1 N–H and O–H groups in total. The lowest BCUT2D eigenvalue weighted by atomic mass is 10.0. The van der Waals surface area contributed by atoms with Crippen molar-refractivity contribution in [3.63, 3.8) is 0 Å². The molecule has 0 spiro atoms. The quantitative estimate of drug-likeness (QED) is 0.539. The van der Waals surface area contributed by atoms with E-state index in [-0.39, 0.29) is 0 Å². The van der Waals surface area contributed by atoms with Crippen LogP contribution in [0.25, 0.3) is 31.6 Å². The summed E-state index contributed by atoms with van der Waals surface area (Å²) in [6, 6.07) is 18.3. The molecular weight excluding hydrogens is 290 g/mol. The van der Waals surface area contributed by atoms with Crippen LogP contribution in [0.4, 0.5) is 0 Å². The summed E-state index contributed by atoms with van der Waals surface area (Å²) in [5, 5.41) is 13.5. The summed E-state index contributed by atoms with van der Waals surface area (Å²) in [6.45, 7) is 2.14. The van der Waals surface area contributed by atoms with Crippen molar-refractivity contribution >= 4 is 32.3 Å². The molecular formula is C19H15NOS. The molecule has 0 amide bonds. The summed E-state index contributed by atoms with van der Waals surface area (Å²) in [6.07, 6.45) is 0.996. The Labute approximate surface area is 132 Å². The van der Waals surface area contributed by atoms with Crippen LogP contribution in [0, 0.1) is 0 Å². The molecule has 3 heteroatoms. The summed E-state index contributed by atoms with van der Waals surface area (Å²) < 4.78 is 1.14. The summed E-state index contributed by atoms with van der Waals surface area (Å²) in [5.74, 6) is 0.291. The highest BCUT2D eigenvalue weighted by atomic mass is 32.1. The van der Waals surface area contributed by atoms with Crippen molar-refractivity contribution in [2.24, 2.45) is 0 Å². The number of aryl methyl sites for hydroxylation is 1. The van der Waals surface area contributed by atoms with Gasteiger partial charge in [-0.2, -0.15) is 0 Å². The van der Waals surface area contributed by atoms with Gasteiger partial charge in [0.25, 0.3) is 0 Å². The van der Waals surface area contributed by atoms with E-state index in [1.54, 1.807) is 11.3 Å². The number of thiazole rings is 1. The van der Waals surface area contributed by atoms with Crippen LogP contribution in [0.1, 0.15) is 12.5 Å². The first-order valence-corrected chi connectivity index (χ1v) is 8.18. The lowest BCUT2D eigenvalue weighted by Gasteiger charge is -2.06. The zero-order chi connectivity index (χ0) is 15.1. The van der Waals surface area contributed by atoms with Gasteiger partial charge in [-0.15, -0.1) is 11.3 Å². The Morgan fingerprint density at radius 1 is 1.00 bits per heavy atom. The van der Waals surface area contributed by atoms with Crippen LogP contribution < -0.4 is 0 Å². The highest BCUT2D eigenvalue weighted by Gasteiger charge is 2.11. The van der Waals surface area contributed by atoms with E-state index < -0.39 is 0 Å². The molecule has 0 aliphatic heterocycles. The van der Waals surface area contributed by atoms with Gasteiger partial charge in [0, 0.05) is 0 Å². The molecule has 0 saturated heterocycles. The van der Waals surface area contributed by atoms with Gasteiger partial charge in [0.1, 0.15) is 10.8 Å². The molecule has 4 rings (SSSR count). The van der Waals surface area contributed by atoms with E-state index in [9.17, 15) is 5.11 Å². The topological polar surface area (TPSA) is 33.1 Å². The van der Waals surface area contributed by atoms with Gasteiger partial charge < -0.3 is 5.11 Å². The van der Waals surface area contributed by atoms with Gasteiger partial charge in [-0.25, -0.2) is 4.98 Å². The number of phenolic OH excluding ortho intramolecular Hbond substituents is 1. The number of nitrogens with zero attached hydrogens (tertiary/aromatic N) is 1. The van der Waals surface area contributed by atoms with Crippen molar-refractivity contribution < 1.29 is 5.11 Å². The molecule has 22 heavy (non-hydrogen) atoms. The molecule has 2 nitrogen and oxygen atoms in total. The van der Waals surface area contributed by atoms with Crippen LogP contribution >= 0.6 is 11.3 Å². The SMILES string of the molecule is CCc1ccc2cc(-c3nc4ccccc4s3)c(O)cc2c1. The van der Waals surface area contributed by atoms with Gasteiger partial charge in [0.2, 0.25) is 0 Å². The molecule has 3 aromatic carbocycles. The summed E-state index contributed by atoms with van der Waals surface area (Å²) in [7, 11) is 0. The fraction of sp³-hybridized carbons (Fsp3) is 0.105. The normalized spacial score (nSPS) is 11.3. The number of hydrogen-bond acceptors (Lipinski definition) is 3. The van der Waals surface area contributed by atoms with Gasteiger partial charge in [0.05, 0.1) is 15.8 Å². The highest BCUT2D eigenvalue weighted by molar-refractivity contribution is 7.21. The number of rotatable bonds is 2. The third-order valence-electron chi connectivity index (χ3n) is 3.95. The van der Waals surface area contributed by atoms with E-state index in [4.69, 9.17) is 0 Å². The zero-order valence-corrected chi connectivity index (χ0v) is 13.0. The molecule has 0 bridgehead atoms. The molecule has 108 valence electrons. The average Bonchev–Trinajstić information content (AvgIpc) is 2.97. The van der Waals surface area contributed by atoms with Crippen LogP contribution in [-0.4, -0.2) is 10.1 Å². The lowest BCUT2D eigenvalue weighted by molar-refractivity contribution is 0.478. The van der Waals surface area contributed by atoms with Crippen molar-refractivity contribution in [3.8, 4) is 16.3 Å². The Kier molecular flexibility index (Phi) is 3.09. The molecule has 0 atom stereocenters. The molecule has 1 heterocycles. The second-order valence-corrected chi connectivity index (χ2v) is 6.42. The van der Waals surface area contributed by atoms with Crippen LogP contribution in [0.3, 0.4) is 0 Å². The number of aromatic hydroxyl groups is 1. The Morgan fingerprint density at radius 3 is 2.68 bits per heavy atom. The summed E-state index contributed by atoms with van der Waals surface area (Å²) in [5.41, 5.74) is 3.06. The average molecular weight is 305 g/mol. The molecule has 0 fully saturated rings. The van der Waals surface area contributed by atoms with Crippen LogP contribution in [-0.2, 0) is 6.42 Å². The predicted molar refractivity (Wildman–Crippen MR) is 93.6 cm³/mol. The minimum absolute atomic E-state index is 0.291. The van der Waals surface area contributed by atoms with E-state index in [2.05, 4.69) is 36.2 Å². The van der Waals surface area contributed by atoms with E-state index >= 15 is 0 Å². The first-order valence-electron chi connectivity index (χ1n) is 7.36. The monoisotopic (exact) mass is 305 g/mol. The standard InChI is InChI=1S/C19H15NOS/c1-2-12-7-8-13-10-15(17(21)11-14(13)9-12)19-20-16-5-3-4-6-18(16)22-19/h3-11,21H,2H2,1H3. The van der Waals surface area contributed by atoms with E-state index in [1.165, 1.54) is 5.56 Å². The largest absolute Gasteiger partial charge is 0.507 e. The second-order valence-electron chi connectivity index (χ2n) is 5.39. The van der Waals surface area contributed by atoms with Crippen molar-refractivity contribution in [1.29, 1.82) is 0 Å². The molecule has 4 aromatic rings. The summed E-state index contributed by atoms with van der Waals surface area (Å²) in [4.78, 5) is 4.64. The van der Waals surface area contributed by atoms with Crippen molar-refractivity contribution in [3.05, 3.63) is 60.2 Å². The second kappa shape index (κ2) is 5.11. The Morgan fingerprint density at radius 2 is 1.86 bits per heavy atom. The smallest absolute Gasteiger partial charge is 0.128 e. The van der Waals surface area contributed by atoms with Crippen LogP contribution in [0.15, 0.2) is 54.6 Å². The number of phenols is 1. The van der Waals surface area contributed by atoms with Gasteiger partial charge >= 0.3 is 0 Å². The van der Waals surface area contributed by atoms with E-state index in [1.807, 2.05) is 30.3 Å². The fourth-order valence-corrected chi connectivity index (χ4v) is 3.70. The molecule has 0 unspecified atom stereocenters. The molecule has 0 aliphatic carbocycles. The number of aromatic nitrogens is 1. The van der Waals surface area contributed by atoms with Gasteiger partial charge in [0.15, 0.2) is 0 Å². The molecule has 0 radical (unpaired) electrons. The lowest BCUT2D eigenvalue weighted by Crippen LogP contribution is -1.83. The van der Waals surface area contributed by atoms with E-state index in [0.717, 1.165) is 38.0 Å². The number of benzene rings is 3. The van der Waals surface area contributed by atoms with Crippen molar-refractivity contribution in [2.45, 2.75) is 13.3 Å². The first-order chi connectivity index (χ1) is 10.7. The molecule has 0 saturated carbocycles. The van der Waals surface area contributed by atoms with Crippen LogP contribution in [0.2, 0.25) is 0 Å². The van der Waals surface area contributed by atoms with Crippen LogP contribution in [0.5, 0.6) is 5.75 Å². The Balaban J connectivity index is 1.92. The van der Waals surface area contributed by atoms with Gasteiger partial charge in [-0.1, -0.05) is 37.3 Å². The predicted octanol–water partition coefficient (Wildman–Crippen LogP) is 5.38. The zero-order valence-electron chi connectivity index (χ0n) is 12.2. The first kappa shape index (κ1) is 13.3. The Bertz CT molecular complexity index is 954. The maximum absolute atomic E-state index is 10.4. The Hall–Kier alpha value is -2.39. The minimum atomic E-state index is 0.291. The maximum atomic E-state index is 10.4. The number of fused-ring (bicyclic) bond motifs is 2. The summed E-state index contributed by atoms with van der Waals surface area (Å²) >= 11 is 1.61. The highest BCUT2D eigenvalue weighted by Crippen LogP contribution is 2.37. The van der Waals surface area contributed by atoms with Crippen molar-refractivity contribution in [2.75, 3.05) is 0 Å². The van der Waals surface area contributed by atoms with Gasteiger partial charge in [-0.05, 0) is 47.0 Å². The van der Waals surface area contributed by atoms with Gasteiger partial charge in [-0.3, -0.25) is 0 Å². The van der Waals surface area contributed by atoms with E-state index in [0.29, 0.717) is 5.75 Å². The fourth-order valence-electron chi connectivity index (χ4n) is 2.71. The third kappa shape index (κ3) is 2.14. The molecule has 1 aromatic heterocycles. The number of para-hydroxylation sites is 1. The van der Waals surface area contributed by atoms with Crippen molar-refractivity contribution in [1.82, 2.24) is 4.98 Å². The third-order valence-corrected chi connectivity index (χ3v) is 5.02.